The van der Waals surface area contributed by atoms with Crippen LogP contribution in [0.5, 0.6) is 0 Å². The summed E-state index contributed by atoms with van der Waals surface area (Å²) in [7, 11) is 0. The lowest BCUT2D eigenvalue weighted by Crippen LogP contribution is -1.87. The maximum atomic E-state index is 7.57. The smallest absolute Gasteiger partial charge is 0.161 e. The second-order valence-electron chi connectivity index (χ2n) is 5.48. The van der Waals surface area contributed by atoms with Crippen LogP contribution < -0.4 is 0 Å². The van der Waals surface area contributed by atoms with E-state index >= 15 is 0 Å². The van der Waals surface area contributed by atoms with Gasteiger partial charge in [-0.25, -0.2) is 0 Å². The molecule has 0 saturated carbocycles. The fourth-order valence-corrected chi connectivity index (χ4v) is 2.78. The van der Waals surface area contributed by atoms with E-state index in [2.05, 4.69) is 4.98 Å². The van der Waals surface area contributed by atoms with Crippen molar-refractivity contribution < 1.29 is 8.53 Å². The van der Waals surface area contributed by atoms with E-state index in [1.54, 1.807) is 13.1 Å². The third-order valence-electron chi connectivity index (χ3n) is 3.98. The van der Waals surface area contributed by atoms with Crippen molar-refractivity contribution >= 4 is 22.1 Å². The third kappa shape index (κ3) is 2.00. The summed E-state index contributed by atoms with van der Waals surface area (Å²) in [6.45, 7) is -0.268. The largest absolute Gasteiger partial charge is 0.454 e. The number of fused-ring (bicyclic) bond motifs is 3. The number of benzene rings is 2. The Balaban J connectivity index is 1.82. The number of rotatable bonds is 2. The molecule has 0 fully saturated rings. The predicted octanol–water partition coefficient (Wildman–Crippen LogP) is 5.77. The van der Waals surface area contributed by atoms with E-state index in [-0.39, 0.29) is 0 Å². The summed E-state index contributed by atoms with van der Waals surface area (Å²) in [5.41, 5.74) is 5.14. The van der Waals surface area contributed by atoms with Gasteiger partial charge in [-0.2, -0.15) is 0 Å². The molecule has 1 atom stereocenters. The summed E-state index contributed by atoms with van der Waals surface area (Å²) in [6.07, 6.45) is 1.78. The van der Waals surface area contributed by atoms with Gasteiger partial charge >= 0.3 is 0 Å². The van der Waals surface area contributed by atoms with Gasteiger partial charge in [-0.05, 0) is 35.2 Å². The maximum Gasteiger partial charge on any atom is 0.161 e. The van der Waals surface area contributed by atoms with Crippen LogP contribution >= 0.6 is 0 Å². The van der Waals surface area contributed by atoms with E-state index in [0.717, 1.165) is 38.8 Å². The number of para-hydroxylation sites is 1. The Morgan fingerprint density at radius 1 is 1.05 bits per heavy atom. The number of aromatic nitrogens is 1. The highest BCUT2D eigenvalue weighted by Crippen LogP contribution is 2.34. The molecule has 1 unspecified atom stereocenters. The Kier molecular flexibility index (Phi) is 2.31. The normalized spacial score (nSPS) is 15.4. The molecule has 0 aliphatic carbocycles. The first-order valence-electron chi connectivity index (χ1n) is 8.82. The number of hydrogen-bond acceptors (Lipinski definition) is 2. The molecule has 2 nitrogen and oxygen atoms in total. The van der Waals surface area contributed by atoms with Crippen molar-refractivity contribution in [3.05, 3.63) is 66.4 Å². The first kappa shape index (κ1) is 10.2. The number of pyridine rings is 1. The average molecular weight is 290 g/mol. The Morgan fingerprint density at radius 2 is 1.86 bits per heavy atom. The van der Waals surface area contributed by atoms with Crippen molar-refractivity contribution in [3.8, 4) is 11.1 Å². The van der Waals surface area contributed by atoms with Crippen molar-refractivity contribution in [2.24, 2.45) is 0 Å². The van der Waals surface area contributed by atoms with Gasteiger partial charge in [-0.15, -0.1) is 0 Å². The third-order valence-corrected chi connectivity index (χ3v) is 3.98. The van der Waals surface area contributed by atoms with Gasteiger partial charge in [-0.3, -0.25) is 4.98 Å². The van der Waals surface area contributed by atoms with Gasteiger partial charge in [0.2, 0.25) is 0 Å². The fraction of sp³-hybridized carbons (Fsp3) is 0.150. The highest BCUT2D eigenvalue weighted by molar-refractivity contribution is 6.07. The van der Waals surface area contributed by atoms with Crippen LogP contribution in [-0.2, 0) is 0 Å². The summed E-state index contributed by atoms with van der Waals surface area (Å²) >= 11 is 0. The topological polar surface area (TPSA) is 26.0 Å². The molecule has 2 heteroatoms. The van der Waals surface area contributed by atoms with Crippen molar-refractivity contribution in [1.82, 2.24) is 4.98 Å². The first-order valence-corrected chi connectivity index (χ1v) is 7.32. The number of hydrogen-bond donors (Lipinski definition) is 0. The average Bonchev–Trinajstić information content (AvgIpc) is 2.99. The van der Waals surface area contributed by atoms with Crippen LogP contribution in [0, 0.1) is 0 Å². The highest BCUT2D eigenvalue weighted by atomic mass is 16.3. The second kappa shape index (κ2) is 4.99. The summed E-state index contributed by atoms with van der Waals surface area (Å²) in [5.74, 6) is -0.495. The maximum absolute atomic E-state index is 7.57. The molecule has 4 aromatic rings. The second-order valence-corrected chi connectivity index (χ2v) is 5.48. The zero-order chi connectivity index (χ0) is 17.6. The Labute approximate surface area is 133 Å². The highest BCUT2D eigenvalue weighted by Gasteiger charge is 2.12. The monoisotopic (exact) mass is 290 g/mol. The minimum absolute atomic E-state index is 0.495. The number of nitrogens with zero attached hydrogens (tertiary/aromatic N) is 1. The van der Waals surface area contributed by atoms with Gasteiger partial charge in [-0.1, -0.05) is 50.2 Å². The minimum Gasteiger partial charge on any atom is -0.454 e. The van der Waals surface area contributed by atoms with E-state index in [0.29, 0.717) is 0 Å². The molecule has 2 aromatic heterocycles. The molecule has 22 heavy (non-hydrogen) atoms. The molecular formula is C20H17NO. The molecule has 0 N–H and O–H groups in total. The molecule has 0 spiro atoms. The standard InChI is InChI=1S/C20H17NO/c1-13(2)14-7-9-15(10-8-14)16-11-12-21-19-17-5-3-4-6-18(17)22-20(16)19/h3-13H,1-2H3/i1D3. The van der Waals surface area contributed by atoms with Gasteiger partial charge in [0.1, 0.15) is 11.1 Å². The molecular weight excluding hydrogens is 270 g/mol. The lowest BCUT2D eigenvalue weighted by Gasteiger charge is -2.07. The molecule has 4 rings (SSSR count). The Morgan fingerprint density at radius 3 is 2.68 bits per heavy atom. The molecule has 0 aliphatic rings. The molecule has 108 valence electrons. The SMILES string of the molecule is [2H]C([2H])([2H])C(C)c1ccc(-c2ccnc3c2oc2ccccc23)cc1. The number of furan rings is 1. The molecule has 0 bridgehead atoms. The summed E-state index contributed by atoms with van der Waals surface area (Å²) in [4.78, 5) is 4.47. The lowest BCUT2D eigenvalue weighted by atomic mass is 9.99. The van der Waals surface area contributed by atoms with Crippen LogP contribution in [0.25, 0.3) is 33.2 Å². The van der Waals surface area contributed by atoms with Gasteiger partial charge in [0.15, 0.2) is 5.58 Å². The first-order chi connectivity index (χ1) is 11.9. The van der Waals surface area contributed by atoms with Crippen molar-refractivity contribution in [3.63, 3.8) is 0 Å². The molecule has 2 heterocycles. The van der Waals surface area contributed by atoms with Gasteiger partial charge in [0, 0.05) is 21.3 Å². The van der Waals surface area contributed by atoms with E-state index in [1.807, 2.05) is 54.6 Å². The molecule has 0 radical (unpaired) electrons. The van der Waals surface area contributed by atoms with Crippen molar-refractivity contribution in [2.45, 2.75) is 19.7 Å². The summed E-state index contributed by atoms with van der Waals surface area (Å²) in [6, 6.07) is 17.4. The van der Waals surface area contributed by atoms with Crippen LogP contribution in [0.2, 0.25) is 0 Å². The van der Waals surface area contributed by atoms with E-state index in [4.69, 9.17) is 8.53 Å². The van der Waals surface area contributed by atoms with E-state index in [1.165, 1.54) is 0 Å². The lowest BCUT2D eigenvalue weighted by molar-refractivity contribution is 0.669. The summed E-state index contributed by atoms with van der Waals surface area (Å²) in [5, 5.41) is 0.993. The van der Waals surface area contributed by atoms with Gasteiger partial charge in [0.25, 0.3) is 0 Å². The van der Waals surface area contributed by atoms with Crippen molar-refractivity contribution in [1.29, 1.82) is 0 Å². The molecule has 0 saturated heterocycles. The van der Waals surface area contributed by atoms with Crippen LogP contribution in [0.3, 0.4) is 0 Å². The zero-order valence-corrected chi connectivity index (χ0v) is 12.2. The Bertz CT molecular complexity index is 1050. The van der Waals surface area contributed by atoms with Crippen molar-refractivity contribution in [2.75, 3.05) is 0 Å². The summed E-state index contributed by atoms with van der Waals surface area (Å²) < 4.78 is 28.7. The van der Waals surface area contributed by atoms with E-state index < -0.39 is 12.8 Å². The fourth-order valence-electron chi connectivity index (χ4n) is 2.78. The molecule has 0 amide bonds. The quantitative estimate of drug-likeness (QED) is 0.468. The van der Waals surface area contributed by atoms with Crippen LogP contribution in [0.1, 0.15) is 29.4 Å². The van der Waals surface area contributed by atoms with Crippen LogP contribution in [0.15, 0.2) is 65.2 Å². The molecule has 2 aromatic carbocycles. The Hall–Kier alpha value is -2.61. The predicted molar refractivity (Wildman–Crippen MR) is 91.0 cm³/mol. The van der Waals surface area contributed by atoms with Gasteiger partial charge in [0.05, 0.1) is 0 Å². The van der Waals surface area contributed by atoms with Crippen LogP contribution in [-0.4, -0.2) is 4.98 Å². The molecule has 0 aliphatic heterocycles. The van der Waals surface area contributed by atoms with Crippen LogP contribution in [0.4, 0.5) is 0 Å². The zero-order valence-electron chi connectivity index (χ0n) is 15.2. The van der Waals surface area contributed by atoms with Gasteiger partial charge < -0.3 is 4.42 Å². The van der Waals surface area contributed by atoms with E-state index in [9.17, 15) is 0 Å². The minimum atomic E-state index is -2.00.